The number of rotatable bonds is 7. The summed E-state index contributed by atoms with van der Waals surface area (Å²) in [5.74, 6) is 1.29. The van der Waals surface area contributed by atoms with Crippen molar-refractivity contribution in [1.29, 1.82) is 0 Å². The van der Waals surface area contributed by atoms with Gasteiger partial charge in [0.15, 0.2) is 0 Å². The van der Waals surface area contributed by atoms with Crippen molar-refractivity contribution >= 4 is 0 Å². The minimum atomic E-state index is 0.637. The van der Waals surface area contributed by atoms with E-state index >= 15 is 0 Å². The van der Waals surface area contributed by atoms with Crippen LogP contribution in [0.4, 0.5) is 0 Å². The van der Waals surface area contributed by atoms with Crippen molar-refractivity contribution in [2.75, 3.05) is 13.7 Å². The minimum absolute atomic E-state index is 0.637. The molecule has 0 fully saturated rings. The number of aromatic nitrogens is 3. The summed E-state index contributed by atoms with van der Waals surface area (Å²) in [7, 11) is 1.62. The summed E-state index contributed by atoms with van der Waals surface area (Å²) in [4.78, 5) is 8.45. The molecule has 0 bridgehead atoms. The van der Waals surface area contributed by atoms with E-state index in [9.17, 15) is 0 Å². The number of methoxy groups -OCH3 is 1. The highest BCUT2D eigenvalue weighted by atomic mass is 16.5. The van der Waals surface area contributed by atoms with Gasteiger partial charge in [0.2, 0.25) is 5.88 Å². The molecule has 0 saturated heterocycles. The molecule has 2 aromatic heterocycles. The van der Waals surface area contributed by atoms with E-state index < -0.39 is 0 Å². The van der Waals surface area contributed by atoms with Crippen LogP contribution in [-0.2, 0) is 13.1 Å². The Hall–Kier alpha value is -1.88. The Balaban J connectivity index is 1.96. The van der Waals surface area contributed by atoms with Crippen LogP contribution in [0.1, 0.15) is 25.1 Å². The average molecular weight is 274 g/mol. The lowest BCUT2D eigenvalue weighted by Gasteiger charge is -2.10. The first-order valence-corrected chi connectivity index (χ1v) is 6.87. The summed E-state index contributed by atoms with van der Waals surface area (Å²) >= 11 is 0. The normalized spacial score (nSPS) is 11.0. The van der Waals surface area contributed by atoms with Crippen LogP contribution in [0.2, 0.25) is 0 Å². The molecular formula is C15H22N4O. The molecule has 0 unspecified atom stereocenters. The number of hydrogen-bond donors (Lipinski definition) is 1. The Morgan fingerprint density at radius 2 is 2.15 bits per heavy atom. The Morgan fingerprint density at radius 3 is 2.80 bits per heavy atom. The van der Waals surface area contributed by atoms with Gasteiger partial charge >= 0.3 is 0 Å². The SMILES string of the molecule is COc1ccc(Cn2cncc2CNCC(C)C)cn1. The van der Waals surface area contributed by atoms with Crippen LogP contribution in [-0.4, -0.2) is 28.2 Å². The number of imidazole rings is 1. The Labute approximate surface area is 120 Å². The van der Waals surface area contributed by atoms with Gasteiger partial charge in [0.1, 0.15) is 0 Å². The van der Waals surface area contributed by atoms with Gasteiger partial charge in [0.05, 0.1) is 25.7 Å². The number of ether oxygens (including phenoxy) is 1. The standard InChI is InChI=1S/C15H22N4O/c1-12(2)6-16-8-14-9-17-11-19(14)10-13-4-5-15(20-3)18-7-13/h4-5,7,9,11-12,16H,6,8,10H2,1-3H3. The third-order valence-electron chi connectivity index (χ3n) is 3.02. The Morgan fingerprint density at radius 1 is 1.30 bits per heavy atom. The molecule has 2 aromatic rings. The molecule has 108 valence electrons. The summed E-state index contributed by atoms with van der Waals surface area (Å²) in [5.41, 5.74) is 2.32. The van der Waals surface area contributed by atoms with Crippen molar-refractivity contribution in [1.82, 2.24) is 19.9 Å². The monoisotopic (exact) mass is 274 g/mol. The second-order valence-electron chi connectivity index (χ2n) is 5.25. The maximum atomic E-state index is 5.06. The van der Waals surface area contributed by atoms with Crippen molar-refractivity contribution in [3.8, 4) is 5.88 Å². The van der Waals surface area contributed by atoms with E-state index in [1.54, 1.807) is 7.11 Å². The second-order valence-corrected chi connectivity index (χ2v) is 5.25. The van der Waals surface area contributed by atoms with Gasteiger partial charge in [-0.15, -0.1) is 0 Å². The van der Waals surface area contributed by atoms with Crippen molar-refractivity contribution in [2.24, 2.45) is 5.92 Å². The first kappa shape index (κ1) is 14.5. The molecule has 2 heterocycles. The summed E-state index contributed by atoms with van der Waals surface area (Å²) in [6, 6.07) is 3.90. The molecule has 20 heavy (non-hydrogen) atoms. The molecule has 0 amide bonds. The third kappa shape index (κ3) is 4.06. The molecule has 1 N–H and O–H groups in total. The third-order valence-corrected chi connectivity index (χ3v) is 3.02. The van der Waals surface area contributed by atoms with Gasteiger partial charge in [-0.2, -0.15) is 0 Å². The van der Waals surface area contributed by atoms with Crippen molar-refractivity contribution in [3.05, 3.63) is 42.1 Å². The smallest absolute Gasteiger partial charge is 0.212 e. The predicted octanol–water partition coefficient (Wildman–Crippen LogP) is 2.08. The molecule has 2 rings (SSSR count). The molecule has 5 nitrogen and oxygen atoms in total. The van der Waals surface area contributed by atoms with E-state index in [4.69, 9.17) is 4.74 Å². The summed E-state index contributed by atoms with van der Waals surface area (Å²) in [6.07, 6.45) is 5.60. The molecular weight excluding hydrogens is 252 g/mol. The molecule has 0 aliphatic heterocycles. The van der Waals surface area contributed by atoms with Crippen LogP contribution < -0.4 is 10.1 Å². The maximum absolute atomic E-state index is 5.06. The fraction of sp³-hybridized carbons (Fsp3) is 0.467. The fourth-order valence-corrected chi connectivity index (χ4v) is 1.95. The highest BCUT2D eigenvalue weighted by Gasteiger charge is 2.04. The van der Waals surface area contributed by atoms with E-state index in [1.807, 2.05) is 30.9 Å². The fourth-order valence-electron chi connectivity index (χ4n) is 1.95. The molecule has 0 aliphatic carbocycles. The Bertz CT molecular complexity index is 519. The van der Waals surface area contributed by atoms with Crippen LogP contribution in [0, 0.1) is 5.92 Å². The lowest BCUT2D eigenvalue weighted by atomic mass is 10.2. The number of nitrogens with zero attached hydrogens (tertiary/aromatic N) is 3. The summed E-state index contributed by atoms with van der Waals surface area (Å²) < 4.78 is 7.20. The average Bonchev–Trinajstić information content (AvgIpc) is 2.87. The summed E-state index contributed by atoms with van der Waals surface area (Å²) in [5, 5.41) is 3.44. The molecule has 5 heteroatoms. The van der Waals surface area contributed by atoms with E-state index in [1.165, 1.54) is 5.69 Å². The van der Waals surface area contributed by atoms with E-state index in [0.29, 0.717) is 11.8 Å². The van der Waals surface area contributed by atoms with Gasteiger partial charge in [0, 0.05) is 25.0 Å². The van der Waals surface area contributed by atoms with Gasteiger partial charge in [-0.3, -0.25) is 0 Å². The molecule has 0 aliphatic rings. The predicted molar refractivity (Wildman–Crippen MR) is 78.7 cm³/mol. The molecule has 0 aromatic carbocycles. The lowest BCUT2D eigenvalue weighted by molar-refractivity contribution is 0.397. The first-order valence-electron chi connectivity index (χ1n) is 6.87. The number of nitrogens with one attached hydrogen (secondary N) is 1. The zero-order valence-corrected chi connectivity index (χ0v) is 12.3. The second kappa shape index (κ2) is 7.05. The first-order chi connectivity index (χ1) is 9.69. The highest BCUT2D eigenvalue weighted by molar-refractivity contribution is 5.18. The van der Waals surface area contributed by atoms with Gasteiger partial charge < -0.3 is 14.6 Å². The number of pyridine rings is 1. The van der Waals surface area contributed by atoms with Gasteiger partial charge in [-0.05, 0) is 18.0 Å². The molecule has 0 spiro atoms. The van der Waals surface area contributed by atoms with Crippen LogP contribution >= 0.6 is 0 Å². The maximum Gasteiger partial charge on any atom is 0.212 e. The van der Waals surface area contributed by atoms with Crippen molar-refractivity contribution < 1.29 is 4.74 Å². The Kier molecular flexibility index (Phi) is 5.12. The molecule has 0 saturated carbocycles. The van der Waals surface area contributed by atoms with Gasteiger partial charge in [0.25, 0.3) is 0 Å². The van der Waals surface area contributed by atoms with Gasteiger partial charge in [-0.25, -0.2) is 9.97 Å². The number of hydrogen-bond acceptors (Lipinski definition) is 4. The van der Waals surface area contributed by atoms with E-state index in [0.717, 1.165) is 25.2 Å². The topological polar surface area (TPSA) is 52.0 Å². The largest absolute Gasteiger partial charge is 0.481 e. The van der Waals surface area contributed by atoms with Crippen LogP contribution in [0.25, 0.3) is 0 Å². The van der Waals surface area contributed by atoms with Crippen LogP contribution in [0.15, 0.2) is 30.9 Å². The van der Waals surface area contributed by atoms with Crippen molar-refractivity contribution in [2.45, 2.75) is 26.9 Å². The quantitative estimate of drug-likeness (QED) is 0.840. The van der Waals surface area contributed by atoms with Gasteiger partial charge in [-0.1, -0.05) is 19.9 Å². The lowest BCUT2D eigenvalue weighted by Crippen LogP contribution is -2.20. The minimum Gasteiger partial charge on any atom is -0.481 e. The zero-order valence-electron chi connectivity index (χ0n) is 12.3. The van der Waals surface area contributed by atoms with E-state index in [2.05, 4.69) is 33.7 Å². The van der Waals surface area contributed by atoms with Crippen LogP contribution in [0.5, 0.6) is 5.88 Å². The molecule has 0 radical (unpaired) electrons. The zero-order chi connectivity index (χ0) is 14.4. The van der Waals surface area contributed by atoms with E-state index in [-0.39, 0.29) is 0 Å². The summed E-state index contributed by atoms with van der Waals surface area (Å²) in [6.45, 7) is 7.02. The van der Waals surface area contributed by atoms with Crippen LogP contribution in [0.3, 0.4) is 0 Å². The van der Waals surface area contributed by atoms with Crippen molar-refractivity contribution in [3.63, 3.8) is 0 Å². The molecule has 0 atom stereocenters. The highest BCUT2D eigenvalue weighted by Crippen LogP contribution is 2.09.